The second-order valence-electron chi connectivity index (χ2n) is 6.42. The Labute approximate surface area is 173 Å². The molecule has 3 rings (SSSR count). The molecule has 29 heavy (non-hydrogen) atoms. The van der Waals surface area contributed by atoms with Gasteiger partial charge in [-0.1, -0.05) is 29.4 Å². The van der Waals surface area contributed by atoms with Crippen molar-refractivity contribution in [2.75, 3.05) is 5.32 Å². The highest BCUT2D eigenvalue weighted by molar-refractivity contribution is 8.00. The molecular weight excluding hydrogens is 429 g/mol. The number of aromatic nitrogens is 1. The van der Waals surface area contributed by atoms with Crippen LogP contribution < -0.4 is 11.1 Å². The predicted octanol–water partition coefficient (Wildman–Crippen LogP) is 4.46. The summed E-state index contributed by atoms with van der Waals surface area (Å²) in [5.41, 5.74) is 6.09. The van der Waals surface area contributed by atoms with Gasteiger partial charge in [-0.15, -0.1) is 0 Å². The molecule has 2 atom stereocenters. The number of alkyl halides is 3. The Morgan fingerprint density at radius 3 is 2.79 bits per heavy atom. The Hall–Kier alpha value is -2.46. The number of amides is 1. The van der Waals surface area contributed by atoms with Crippen molar-refractivity contribution in [3.63, 3.8) is 0 Å². The van der Waals surface area contributed by atoms with Gasteiger partial charge in [0.05, 0.1) is 5.02 Å². The minimum atomic E-state index is -4.55. The topological polar surface area (TPSA) is 89.6 Å². The number of benzene rings is 1. The summed E-state index contributed by atoms with van der Waals surface area (Å²) in [6.07, 6.45) is -5.62. The number of nitrogens with one attached hydrogen (secondary N) is 1. The second-order valence-corrected chi connectivity index (χ2v) is 8.41. The molecule has 1 aromatic heterocycles. The number of nitrogens with zero attached hydrogens (tertiary/aromatic N) is 2. The van der Waals surface area contributed by atoms with Gasteiger partial charge in [0, 0.05) is 23.2 Å². The molecule has 154 valence electrons. The molecular formula is C18H16ClF3N4O2S. The number of amidine groups is 1. The van der Waals surface area contributed by atoms with Crippen molar-refractivity contribution in [2.24, 2.45) is 10.7 Å². The van der Waals surface area contributed by atoms with Crippen LogP contribution in [0.15, 0.2) is 52.5 Å². The molecule has 1 aromatic carbocycles. The Morgan fingerprint density at radius 1 is 1.38 bits per heavy atom. The van der Waals surface area contributed by atoms with Gasteiger partial charge in [-0.3, -0.25) is 4.79 Å². The molecule has 11 heteroatoms. The Balaban J connectivity index is 1.74. The van der Waals surface area contributed by atoms with Gasteiger partial charge in [-0.25, -0.2) is 9.98 Å². The first-order chi connectivity index (χ1) is 13.5. The van der Waals surface area contributed by atoms with E-state index in [1.165, 1.54) is 12.3 Å². The van der Waals surface area contributed by atoms with Crippen LogP contribution in [0.4, 0.5) is 18.9 Å². The van der Waals surface area contributed by atoms with Gasteiger partial charge < -0.3 is 15.8 Å². The third-order valence-corrected chi connectivity index (χ3v) is 5.34. The largest absolute Gasteiger partial charge is 0.452 e. The van der Waals surface area contributed by atoms with Crippen molar-refractivity contribution < 1.29 is 22.7 Å². The van der Waals surface area contributed by atoms with E-state index in [1.54, 1.807) is 37.3 Å². The summed E-state index contributed by atoms with van der Waals surface area (Å²) in [4.78, 5) is 19.7. The Bertz CT molecular complexity index is 939. The first-order valence-corrected chi connectivity index (χ1v) is 9.54. The smallest absolute Gasteiger partial charge is 0.425 e. The lowest BCUT2D eigenvalue weighted by Gasteiger charge is -2.34. The van der Waals surface area contributed by atoms with Crippen LogP contribution in [0, 0.1) is 0 Å². The number of thioether (sulfide) groups is 1. The van der Waals surface area contributed by atoms with Crippen LogP contribution in [0.5, 0.6) is 0 Å². The zero-order chi connectivity index (χ0) is 21.2. The number of nitrogens with two attached hydrogens (primary N) is 1. The number of hydrogen-bond acceptors (Lipinski definition) is 6. The lowest BCUT2D eigenvalue weighted by atomic mass is 10.1. The third kappa shape index (κ3) is 5.54. The fourth-order valence-electron chi connectivity index (χ4n) is 2.68. The summed E-state index contributed by atoms with van der Waals surface area (Å²) in [5, 5.41) is 3.09. The number of carbonyl (C=O) groups is 1. The second kappa shape index (κ2) is 8.11. The van der Waals surface area contributed by atoms with Crippen molar-refractivity contribution in [1.82, 2.24) is 4.98 Å². The SMILES string of the molecule is C[C@]1(Sc2cccc(NC(=O)c3ccc(Cl)cn3)c2)C[C@@H](C(F)(F)F)OC(N)=N1. The average Bonchev–Trinajstić information content (AvgIpc) is 2.60. The summed E-state index contributed by atoms with van der Waals surface area (Å²) in [6.45, 7) is 1.55. The number of aliphatic imine (C=N–C) groups is 1. The normalized spacial score (nSPS) is 21.8. The van der Waals surface area contributed by atoms with Crippen molar-refractivity contribution in [3.05, 3.63) is 53.3 Å². The van der Waals surface area contributed by atoms with Crippen LogP contribution in [0.25, 0.3) is 0 Å². The van der Waals surface area contributed by atoms with E-state index in [1.807, 2.05) is 0 Å². The van der Waals surface area contributed by atoms with Gasteiger partial charge in [0.15, 0.2) is 0 Å². The Morgan fingerprint density at radius 2 is 2.14 bits per heavy atom. The molecule has 0 bridgehead atoms. The van der Waals surface area contributed by atoms with Crippen molar-refractivity contribution in [1.29, 1.82) is 0 Å². The third-order valence-electron chi connectivity index (χ3n) is 3.93. The maximum atomic E-state index is 13.1. The molecule has 1 aliphatic rings. The van der Waals surface area contributed by atoms with Gasteiger partial charge in [-0.05, 0) is 37.3 Å². The van der Waals surface area contributed by atoms with E-state index in [-0.39, 0.29) is 5.69 Å². The lowest BCUT2D eigenvalue weighted by Crippen LogP contribution is -2.45. The van der Waals surface area contributed by atoms with E-state index in [4.69, 9.17) is 17.3 Å². The highest BCUT2D eigenvalue weighted by Gasteiger charge is 2.49. The molecule has 3 N–H and O–H groups in total. The Kier molecular flexibility index (Phi) is 5.95. The standard InChI is InChI=1S/C18H16ClF3N4O2S/c1-17(8-14(18(20,21)22)28-16(23)26-17)29-12-4-2-3-11(7-12)25-15(27)13-6-5-10(19)9-24-13/h2-7,9,14H,8H2,1H3,(H2,23,26)(H,25,27)/t14-,17-/m0/s1. The number of rotatable bonds is 4. The van der Waals surface area contributed by atoms with Crippen molar-refractivity contribution in [3.8, 4) is 0 Å². The number of pyridine rings is 1. The molecule has 1 amide bonds. The molecule has 6 nitrogen and oxygen atoms in total. The van der Waals surface area contributed by atoms with E-state index < -0.39 is 35.5 Å². The van der Waals surface area contributed by atoms with E-state index in [0.29, 0.717) is 15.6 Å². The average molecular weight is 445 g/mol. The number of anilines is 1. The minimum absolute atomic E-state index is 0.175. The van der Waals surface area contributed by atoms with Crippen LogP contribution in [0.3, 0.4) is 0 Å². The first kappa shape index (κ1) is 21.3. The molecule has 0 saturated carbocycles. The summed E-state index contributed by atoms with van der Waals surface area (Å²) in [7, 11) is 0. The van der Waals surface area contributed by atoms with Gasteiger partial charge in [-0.2, -0.15) is 13.2 Å². The van der Waals surface area contributed by atoms with Gasteiger partial charge in [0.1, 0.15) is 10.6 Å². The molecule has 0 saturated heterocycles. The minimum Gasteiger partial charge on any atom is -0.452 e. The van der Waals surface area contributed by atoms with E-state index in [9.17, 15) is 18.0 Å². The highest BCUT2D eigenvalue weighted by Crippen LogP contribution is 2.43. The molecule has 0 fully saturated rings. The van der Waals surface area contributed by atoms with Crippen LogP contribution in [0.1, 0.15) is 23.8 Å². The van der Waals surface area contributed by atoms with E-state index in [2.05, 4.69) is 20.0 Å². The fraction of sp³-hybridized carbons (Fsp3) is 0.278. The van der Waals surface area contributed by atoms with Crippen LogP contribution in [-0.4, -0.2) is 34.1 Å². The molecule has 0 spiro atoms. The number of ether oxygens (including phenoxy) is 1. The molecule has 1 aliphatic heterocycles. The predicted molar refractivity (Wildman–Crippen MR) is 105 cm³/mol. The molecule has 2 aromatic rings. The maximum absolute atomic E-state index is 13.1. The van der Waals surface area contributed by atoms with Crippen LogP contribution in [0.2, 0.25) is 5.02 Å². The van der Waals surface area contributed by atoms with Crippen LogP contribution >= 0.6 is 23.4 Å². The summed E-state index contributed by atoms with van der Waals surface area (Å²) >= 11 is 6.85. The van der Waals surface area contributed by atoms with Gasteiger partial charge >= 0.3 is 6.18 Å². The number of halogens is 4. The van der Waals surface area contributed by atoms with Crippen LogP contribution in [-0.2, 0) is 4.74 Å². The number of carbonyl (C=O) groups excluding carboxylic acids is 1. The van der Waals surface area contributed by atoms with Gasteiger partial charge in [0.25, 0.3) is 11.9 Å². The number of hydrogen-bond donors (Lipinski definition) is 2. The van der Waals surface area contributed by atoms with E-state index in [0.717, 1.165) is 11.8 Å². The zero-order valence-corrected chi connectivity index (χ0v) is 16.6. The van der Waals surface area contributed by atoms with Gasteiger partial charge in [0.2, 0.25) is 6.10 Å². The summed E-state index contributed by atoms with van der Waals surface area (Å²) in [5.74, 6) is -0.444. The molecule has 0 unspecified atom stereocenters. The summed E-state index contributed by atoms with van der Waals surface area (Å²) in [6, 6.07) is 9.18. The quantitative estimate of drug-likeness (QED) is 0.726. The lowest BCUT2D eigenvalue weighted by molar-refractivity contribution is -0.205. The molecule has 0 aliphatic carbocycles. The monoisotopic (exact) mass is 444 g/mol. The molecule has 2 heterocycles. The molecule has 0 radical (unpaired) electrons. The zero-order valence-electron chi connectivity index (χ0n) is 15.0. The maximum Gasteiger partial charge on any atom is 0.425 e. The van der Waals surface area contributed by atoms with Crippen molar-refractivity contribution >= 4 is 41.0 Å². The first-order valence-electron chi connectivity index (χ1n) is 8.35. The fourth-order valence-corrected chi connectivity index (χ4v) is 4.00. The highest BCUT2D eigenvalue weighted by atomic mass is 35.5. The van der Waals surface area contributed by atoms with Crippen molar-refractivity contribution in [2.45, 2.75) is 35.4 Å². The summed E-state index contributed by atoms with van der Waals surface area (Å²) < 4.78 is 43.9. The van der Waals surface area contributed by atoms with E-state index >= 15 is 0 Å².